The van der Waals surface area contributed by atoms with Crippen molar-refractivity contribution in [1.82, 2.24) is 15.5 Å². The molecule has 0 spiro atoms. The molecule has 0 saturated heterocycles. The molecule has 1 aromatic carbocycles. The maximum atomic E-state index is 13.1. The molecule has 2 fully saturated rings. The molecule has 40 heavy (non-hydrogen) atoms. The molecule has 3 amide bonds. The number of carbonyl (C=O) groups excluding carboxylic acids is 3. The van der Waals surface area contributed by atoms with Gasteiger partial charge in [-0.2, -0.15) is 0 Å². The van der Waals surface area contributed by atoms with Gasteiger partial charge in [0.1, 0.15) is 6.04 Å². The van der Waals surface area contributed by atoms with Crippen LogP contribution in [0.15, 0.2) is 23.1 Å². The smallest absolute Gasteiger partial charge is 0.255 e. The highest BCUT2D eigenvalue weighted by molar-refractivity contribution is 7.99. The lowest BCUT2D eigenvalue weighted by Crippen LogP contribution is -2.55. The highest BCUT2D eigenvalue weighted by atomic mass is 35.5. The molecule has 4 rings (SSSR count). The number of imide groups is 1. The highest BCUT2D eigenvalue weighted by Crippen LogP contribution is 2.52. The monoisotopic (exact) mass is 589 g/mol. The lowest BCUT2D eigenvalue weighted by Gasteiger charge is -2.52. The summed E-state index contributed by atoms with van der Waals surface area (Å²) in [5, 5.41) is 6.13. The molecule has 2 N–H and O–H groups in total. The Bertz CT molecular complexity index is 1050. The number of carbonyl (C=O) groups is 3. The summed E-state index contributed by atoms with van der Waals surface area (Å²) in [5.74, 6) is 2.03. The lowest BCUT2D eigenvalue weighted by atomic mass is 9.62. The number of rotatable bonds is 15. The Kier molecular flexibility index (Phi) is 11.0. The summed E-state index contributed by atoms with van der Waals surface area (Å²) >= 11 is 8.85. The number of hydrogen-bond donors (Lipinski definition) is 2. The Morgan fingerprint density at radius 3 is 2.73 bits per heavy atom. The number of hydrogen-bond acceptors (Lipinski definition) is 5. The topological polar surface area (TPSA) is 78.5 Å². The molecule has 1 aromatic rings. The van der Waals surface area contributed by atoms with Gasteiger partial charge in [0.15, 0.2) is 0 Å². The minimum absolute atomic E-state index is 0.00661. The van der Waals surface area contributed by atoms with E-state index in [1.54, 1.807) is 4.90 Å². The van der Waals surface area contributed by atoms with Crippen LogP contribution in [-0.2, 0) is 16.1 Å². The summed E-state index contributed by atoms with van der Waals surface area (Å²) < 4.78 is 0. The third-order valence-corrected chi connectivity index (χ3v) is 10.7. The van der Waals surface area contributed by atoms with E-state index in [1.807, 2.05) is 30.8 Å². The summed E-state index contributed by atoms with van der Waals surface area (Å²) in [6.07, 6.45) is 13.8. The minimum atomic E-state index is -0.623. The highest BCUT2D eigenvalue weighted by Gasteiger charge is 2.48. The van der Waals surface area contributed by atoms with E-state index in [0.29, 0.717) is 24.9 Å². The molecule has 3 aliphatic rings. The van der Waals surface area contributed by atoms with E-state index in [-0.39, 0.29) is 16.3 Å². The molecular formula is C32H48ClN3O3S. The van der Waals surface area contributed by atoms with Crippen LogP contribution in [0.3, 0.4) is 0 Å². The molecule has 5 atom stereocenters. The van der Waals surface area contributed by atoms with Gasteiger partial charge < -0.3 is 10.2 Å². The molecular weight excluding hydrogens is 542 g/mol. The zero-order chi connectivity index (χ0) is 28.8. The van der Waals surface area contributed by atoms with E-state index in [2.05, 4.69) is 30.5 Å². The largest absolute Gasteiger partial charge is 0.322 e. The van der Waals surface area contributed by atoms with Crippen LogP contribution in [0.2, 0.25) is 0 Å². The maximum Gasteiger partial charge on any atom is 0.255 e. The fraction of sp³-hybridized carbons (Fsp3) is 0.719. The van der Waals surface area contributed by atoms with Gasteiger partial charge in [0, 0.05) is 27.4 Å². The molecule has 6 nitrogen and oxygen atoms in total. The molecule has 222 valence electrons. The lowest BCUT2D eigenvalue weighted by molar-refractivity contribution is -0.129. The fourth-order valence-electron chi connectivity index (χ4n) is 7.70. The van der Waals surface area contributed by atoms with Crippen molar-refractivity contribution in [2.75, 3.05) is 12.3 Å². The summed E-state index contributed by atoms with van der Waals surface area (Å²) in [7, 11) is 0. The molecule has 8 heteroatoms. The Morgan fingerprint density at radius 1 is 1.20 bits per heavy atom. The third-order valence-electron chi connectivity index (χ3n) is 9.08. The van der Waals surface area contributed by atoms with Gasteiger partial charge >= 0.3 is 0 Å². The van der Waals surface area contributed by atoms with Gasteiger partial charge in [-0.1, -0.05) is 45.6 Å². The number of halogens is 1. The first-order valence-corrected chi connectivity index (χ1v) is 16.8. The van der Waals surface area contributed by atoms with Crippen LogP contribution in [0.4, 0.5) is 0 Å². The van der Waals surface area contributed by atoms with Crippen molar-refractivity contribution >= 4 is 41.6 Å². The summed E-state index contributed by atoms with van der Waals surface area (Å²) in [6.45, 7) is 8.22. The van der Waals surface area contributed by atoms with E-state index in [0.717, 1.165) is 53.9 Å². The number of benzene rings is 1. The number of unbranched alkanes of at least 4 members (excludes halogenated alkanes) is 4. The molecule has 0 aromatic heterocycles. The molecule has 5 unspecified atom stereocenters. The van der Waals surface area contributed by atoms with Crippen molar-refractivity contribution < 1.29 is 14.4 Å². The maximum absolute atomic E-state index is 13.1. The van der Waals surface area contributed by atoms with Crippen molar-refractivity contribution in [1.29, 1.82) is 0 Å². The van der Waals surface area contributed by atoms with Crippen LogP contribution in [0.5, 0.6) is 0 Å². The van der Waals surface area contributed by atoms with E-state index < -0.39 is 11.9 Å². The summed E-state index contributed by atoms with van der Waals surface area (Å²) in [6, 6.07) is 5.24. The third kappa shape index (κ3) is 7.83. The van der Waals surface area contributed by atoms with E-state index >= 15 is 0 Å². The second kappa shape index (κ2) is 14.1. The van der Waals surface area contributed by atoms with Crippen LogP contribution in [0.25, 0.3) is 0 Å². The van der Waals surface area contributed by atoms with Gasteiger partial charge in [0.25, 0.3) is 5.91 Å². The van der Waals surface area contributed by atoms with Crippen LogP contribution in [0.1, 0.15) is 114 Å². The molecule has 1 aliphatic heterocycles. The zero-order valence-electron chi connectivity index (χ0n) is 24.6. The number of amides is 3. The molecule has 1 heterocycles. The van der Waals surface area contributed by atoms with E-state index in [9.17, 15) is 14.4 Å². The predicted octanol–water partition coefficient (Wildman–Crippen LogP) is 6.68. The van der Waals surface area contributed by atoms with Gasteiger partial charge in [-0.3, -0.25) is 19.7 Å². The van der Waals surface area contributed by atoms with Crippen LogP contribution >= 0.6 is 23.4 Å². The van der Waals surface area contributed by atoms with Crippen molar-refractivity contribution in [2.45, 2.75) is 126 Å². The van der Waals surface area contributed by atoms with Gasteiger partial charge in [-0.25, -0.2) is 0 Å². The second-order valence-corrected chi connectivity index (χ2v) is 14.8. The number of nitrogens with zero attached hydrogens (tertiary/aromatic N) is 1. The average molecular weight is 590 g/mol. The Labute approximate surface area is 250 Å². The van der Waals surface area contributed by atoms with Crippen molar-refractivity contribution in [3.8, 4) is 0 Å². The first-order valence-electron chi connectivity index (χ1n) is 15.4. The number of nitrogens with one attached hydrogen (secondary N) is 2. The zero-order valence-corrected chi connectivity index (χ0v) is 26.2. The first kappa shape index (κ1) is 31.4. The quantitative estimate of drug-likeness (QED) is 0.103. The van der Waals surface area contributed by atoms with E-state index in [4.69, 9.17) is 11.6 Å². The summed E-state index contributed by atoms with van der Waals surface area (Å²) in [5.41, 5.74) is 1.88. The van der Waals surface area contributed by atoms with Gasteiger partial charge in [-0.05, 0) is 100 Å². The Balaban J connectivity index is 1.15. The van der Waals surface area contributed by atoms with Crippen molar-refractivity contribution in [3.63, 3.8) is 0 Å². The normalized spacial score (nSPS) is 28.3. The van der Waals surface area contributed by atoms with Crippen LogP contribution in [0, 0.1) is 11.8 Å². The van der Waals surface area contributed by atoms with Crippen molar-refractivity contribution in [3.05, 3.63) is 29.3 Å². The van der Waals surface area contributed by atoms with Crippen LogP contribution < -0.4 is 10.6 Å². The average Bonchev–Trinajstić information content (AvgIpc) is 3.21. The standard InChI is InChI=1S/C32H48ClN3O3S/c1-4-11-27(29(38)34-22-37)36-20-26-25(30(36)39)12-10-13-28(26)40-15-9-7-5-6-8-14-35-31(3)18-24-16-23(2)17-32(33,19-24)21-31/h10,12-13,22-24,27,35H,4-9,11,14-21H2,1-3H3,(H,34,37,38). The fourth-order valence-corrected chi connectivity index (χ4v) is 9.57. The number of thioether (sulfide) groups is 1. The Hall–Kier alpha value is -1.57. The molecule has 2 aliphatic carbocycles. The first-order chi connectivity index (χ1) is 19.2. The molecule has 0 radical (unpaired) electrons. The van der Waals surface area contributed by atoms with Crippen LogP contribution in [-0.4, -0.2) is 51.9 Å². The summed E-state index contributed by atoms with van der Waals surface area (Å²) in [4.78, 5) is 39.1. The van der Waals surface area contributed by atoms with Gasteiger partial charge in [0.05, 0.1) is 0 Å². The number of fused-ring (bicyclic) bond motifs is 3. The molecule has 2 bridgehead atoms. The van der Waals surface area contributed by atoms with Gasteiger partial charge in [-0.15, -0.1) is 23.4 Å². The van der Waals surface area contributed by atoms with Crippen molar-refractivity contribution in [2.24, 2.45) is 11.8 Å². The minimum Gasteiger partial charge on any atom is -0.322 e. The second-order valence-electron chi connectivity index (χ2n) is 12.9. The van der Waals surface area contributed by atoms with Gasteiger partial charge in [0.2, 0.25) is 12.3 Å². The SMILES string of the molecule is CCCC(C(=O)NC=O)N1Cc2c(SCCCCCCCNC3(C)CC4CC(C)CC(Cl)(C4)C3)cccc2C1=O. The van der Waals surface area contributed by atoms with E-state index in [1.165, 1.54) is 51.4 Å². The molecule has 2 saturated carbocycles. The number of alkyl halides is 1. The predicted molar refractivity (Wildman–Crippen MR) is 164 cm³/mol. The Morgan fingerprint density at radius 2 is 1.98 bits per heavy atom.